The van der Waals surface area contributed by atoms with Gasteiger partial charge in [0.25, 0.3) is 11.5 Å². The maximum absolute atomic E-state index is 13.7. The van der Waals surface area contributed by atoms with Crippen molar-refractivity contribution in [2.45, 2.75) is 50.6 Å². The Morgan fingerprint density at radius 1 is 1.20 bits per heavy atom. The van der Waals surface area contributed by atoms with Gasteiger partial charge in [-0.2, -0.15) is 36.7 Å². The van der Waals surface area contributed by atoms with E-state index in [4.69, 9.17) is 4.74 Å². The number of nitrogens with one attached hydrogen (secondary N) is 2. The van der Waals surface area contributed by atoms with E-state index >= 15 is 0 Å². The number of hydrogen-bond donors (Lipinski definition) is 2. The number of pyridine rings is 1. The Morgan fingerprint density at radius 2 is 1.93 bits per heavy atom. The highest BCUT2D eigenvalue weighted by Crippen LogP contribution is 2.48. The standard InChI is InChI=1S/C27H28F6N8O4/c1-15(37-17-10-36-38-23(43)21(17)27(31,32)33)12-45-7-2-20(42)39-5-6-40-19(11-39)24(44)41(14-25(13-34)3-4-25)18-8-16(26(28,29)30)9-35-22(18)40/h8-10,15,19H,2-7,11-12,14H2,1H3,(H2,37,38,43)/t15?,19-/m1/s1. The van der Waals surface area contributed by atoms with Crippen LogP contribution in [0.2, 0.25) is 0 Å². The van der Waals surface area contributed by atoms with Crippen LogP contribution in [-0.4, -0.2) is 83.4 Å². The molecule has 2 atom stereocenters. The van der Waals surface area contributed by atoms with E-state index in [0.717, 1.165) is 12.3 Å². The highest BCUT2D eigenvalue weighted by atomic mass is 19.4. The molecule has 12 nitrogen and oxygen atoms in total. The van der Waals surface area contributed by atoms with Gasteiger partial charge < -0.3 is 24.8 Å². The Bertz CT molecular complexity index is 1570. The predicted octanol–water partition coefficient (Wildman–Crippen LogP) is 2.78. The molecule has 0 spiro atoms. The smallest absolute Gasteiger partial charge is 0.379 e. The van der Waals surface area contributed by atoms with Gasteiger partial charge in [-0.05, 0) is 25.8 Å². The second kappa shape index (κ2) is 11.8. The van der Waals surface area contributed by atoms with Gasteiger partial charge in [-0.1, -0.05) is 0 Å². The van der Waals surface area contributed by atoms with Crippen molar-refractivity contribution in [1.82, 2.24) is 20.1 Å². The number of ether oxygens (including phenoxy) is 1. The Labute approximate surface area is 251 Å². The Kier molecular flexibility index (Phi) is 8.42. The number of anilines is 3. The van der Waals surface area contributed by atoms with Gasteiger partial charge in [-0.3, -0.25) is 14.4 Å². The molecule has 3 aliphatic rings. The number of H-pyrrole nitrogens is 1. The monoisotopic (exact) mass is 642 g/mol. The molecule has 1 unspecified atom stereocenters. The number of halogens is 6. The number of nitriles is 1. The van der Waals surface area contributed by atoms with Crippen molar-refractivity contribution in [3.8, 4) is 6.07 Å². The fourth-order valence-electron chi connectivity index (χ4n) is 5.39. The molecule has 1 saturated carbocycles. The van der Waals surface area contributed by atoms with Crippen molar-refractivity contribution in [2.75, 3.05) is 54.5 Å². The lowest BCUT2D eigenvalue weighted by molar-refractivity contribution is -0.138. The molecule has 5 rings (SSSR count). The molecule has 2 aliphatic heterocycles. The molecule has 4 heterocycles. The first-order chi connectivity index (χ1) is 21.1. The molecule has 45 heavy (non-hydrogen) atoms. The summed E-state index contributed by atoms with van der Waals surface area (Å²) in [6, 6.07) is 1.41. The number of aromatic nitrogens is 3. The highest BCUT2D eigenvalue weighted by Gasteiger charge is 2.51. The summed E-state index contributed by atoms with van der Waals surface area (Å²) in [4.78, 5) is 46.5. The number of piperazine rings is 1. The van der Waals surface area contributed by atoms with Crippen molar-refractivity contribution in [2.24, 2.45) is 5.41 Å². The van der Waals surface area contributed by atoms with E-state index < -0.39 is 58.1 Å². The zero-order chi connectivity index (χ0) is 32.7. The summed E-state index contributed by atoms with van der Waals surface area (Å²) in [5.41, 5.74) is -5.23. The zero-order valence-corrected chi connectivity index (χ0v) is 23.8. The summed E-state index contributed by atoms with van der Waals surface area (Å²) in [6.45, 7) is 1.44. The van der Waals surface area contributed by atoms with Gasteiger partial charge >= 0.3 is 12.4 Å². The first-order valence-electron chi connectivity index (χ1n) is 14.0. The average Bonchev–Trinajstić information content (AvgIpc) is 3.75. The van der Waals surface area contributed by atoms with Crippen LogP contribution < -0.4 is 20.7 Å². The minimum absolute atomic E-state index is 0.0262. The molecule has 1 saturated heterocycles. The Balaban J connectivity index is 1.20. The summed E-state index contributed by atoms with van der Waals surface area (Å²) in [7, 11) is 0. The topological polar surface area (TPSA) is 148 Å². The fourth-order valence-corrected chi connectivity index (χ4v) is 5.39. The molecule has 0 bridgehead atoms. The van der Waals surface area contributed by atoms with Crippen LogP contribution in [0.3, 0.4) is 0 Å². The largest absolute Gasteiger partial charge is 0.423 e. The number of nitrogens with zero attached hydrogens (tertiary/aromatic N) is 6. The maximum atomic E-state index is 13.7. The van der Waals surface area contributed by atoms with Crippen molar-refractivity contribution in [3.63, 3.8) is 0 Å². The summed E-state index contributed by atoms with van der Waals surface area (Å²) in [5.74, 6) is -0.733. The molecule has 2 N–H and O–H groups in total. The lowest BCUT2D eigenvalue weighted by atomic mass is 10.0. The minimum Gasteiger partial charge on any atom is -0.379 e. The van der Waals surface area contributed by atoms with Crippen molar-refractivity contribution in [1.29, 1.82) is 5.26 Å². The maximum Gasteiger partial charge on any atom is 0.423 e. The van der Waals surface area contributed by atoms with E-state index in [2.05, 4.69) is 21.5 Å². The number of fused-ring (bicyclic) bond motifs is 3. The van der Waals surface area contributed by atoms with Crippen molar-refractivity contribution in [3.05, 3.63) is 39.9 Å². The second-order valence-corrected chi connectivity index (χ2v) is 11.3. The quantitative estimate of drug-likeness (QED) is 0.311. The van der Waals surface area contributed by atoms with Gasteiger partial charge in [0.2, 0.25) is 5.91 Å². The van der Waals surface area contributed by atoms with E-state index in [1.54, 1.807) is 10.00 Å². The van der Waals surface area contributed by atoms with Crippen LogP contribution in [0.15, 0.2) is 23.3 Å². The number of aromatic amines is 1. The summed E-state index contributed by atoms with van der Waals surface area (Å²) < 4.78 is 85.7. The lowest BCUT2D eigenvalue weighted by Crippen LogP contribution is -2.64. The van der Waals surface area contributed by atoms with Crippen LogP contribution in [-0.2, 0) is 26.7 Å². The fraction of sp³-hybridized carbons (Fsp3) is 0.556. The molecule has 18 heteroatoms. The normalized spacial score (nSPS) is 19.8. The molecule has 242 valence electrons. The molecular formula is C27H28F6N8O4. The van der Waals surface area contributed by atoms with Crippen molar-refractivity contribution >= 4 is 29.0 Å². The number of rotatable bonds is 9. The van der Waals surface area contributed by atoms with Gasteiger partial charge in [0.05, 0.1) is 60.8 Å². The number of hydrogen-bond acceptors (Lipinski definition) is 9. The number of carbonyl (C=O) groups is 2. The second-order valence-electron chi connectivity index (χ2n) is 11.3. The van der Waals surface area contributed by atoms with E-state index in [0.29, 0.717) is 19.0 Å². The number of alkyl halides is 6. The molecular weight excluding hydrogens is 614 g/mol. The van der Waals surface area contributed by atoms with Crippen LogP contribution in [0.1, 0.15) is 37.3 Å². The molecule has 0 aromatic carbocycles. The SMILES string of the molecule is CC(COCCC(=O)N1CCN2c3ncc(C(F)(F)F)cc3N(CC3(C#N)CC3)C(=O)[C@H]2C1)Nc1cn[nH]c(=O)c1C(F)(F)F. The van der Waals surface area contributed by atoms with Crippen molar-refractivity contribution < 1.29 is 40.7 Å². The molecule has 2 fully saturated rings. The van der Waals surface area contributed by atoms with E-state index in [9.17, 15) is 46.0 Å². The van der Waals surface area contributed by atoms with Crippen LogP contribution in [0.4, 0.5) is 43.5 Å². The summed E-state index contributed by atoms with van der Waals surface area (Å²) >= 11 is 0. The minimum atomic E-state index is -4.91. The zero-order valence-electron chi connectivity index (χ0n) is 23.8. The van der Waals surface area contributed by atoms with Gasteiger partial charge in [0.1, 0.15) is 11.6 Å². The third-order valence-electron chi connectivity index (χ3n) is 7.94. The Morgan fingerprint density at radius 3 is 2.58 bits per heavy atom. The molecule has 2 aromatic heterocycles. The van der Waals surface area contributed by atoms with Crippen LogP contribution in [0, 0.1) is 16.7 Å². The van der Waals surface area contributed by atoms with Crippen LogP contribution >= 0.6 is 0 Å². The van der Waals surface area contributed by atoms with E-state index in [1.165, 1.54) is 16.7 Å². The Hall–Kier alpha value is -4.40. The molecule has 2 amide bonds. The number of carbonyl (C=O) groups excluding carboxylic acids is 2. The highest BCUT2D eigenvalue weighted by molar-refractivity contribution is 6.05. The third kappa shape index (κ3) is 6.67. The number of amides is 2. The van der Waals surface area contributed by atoms with Crippen LogP contribution in [0.25, 0.3) is 0 Å². The molecule has 1 aliphatic carbocycles. The van der Waals surface area contributed by atoms with Gasteiger partial charge in [0.15, 0.2) is 5.82 Å². The van der Waals surface area contributed by atoms with Gasteiger partial charge in [0, 0.05) is 31.9 Å². The predicted molar refractivity (Wildman–Crippen MR) is 145 cm³/mol. The third-order valence-corrected chi connectivity index (χ3v) is 7.94. The molecule has 0 radical (unpaired) electrons. The molecule has 2 aromatic rings. The first-order valence-corrected chi connectivity index (χ1v) is 14.0. The van der Waals surface area contributed by atoms with Crippen LogP contribution in [0.5, 0.6) is 0 Å². The first kappa shape index (κ1) is 32.0. The van der Waals surface area contributed by atoms with E-state index in [-0.39, 0.29) is 63.2 Å². The summed E-state index contributed by atoms with van der Waals surface area (Å²) in [6.07, 6.45) is -7.16. The van der Waals surface area contributed by atoms with E-state index in [1.807, 2.05) is 0 Å². The van der Waals surface area contributed by atoms with Gasteiger partial charge in [-0.15, -0.1) is 0 Å². The lowest BCUT2D eigenvalue weighted by Gasteiger charge is -2.47. The average molecular weight is 643 g/mol. The summed E-state index contributed by atoms with van der Waals surface area (Å²) in [5, 5.41) is 17.3. The van der Waals surface area contributed by atoms with Gasteiger partial charge in [-0.25, -0.2) is 10.1 Å².